The number of hydrogen-bond acceptors (Lipinski definition) is 3. The molecule has 0 unspecified atom stereocenters. The molecule has 0 saturated carbocycles. The Morgan fingerprint density at radius 3 is 2.48 bits per heavy atom. The fourth-order valence-corrected chi connectivity index (χ4v) is 2.62. The smallest absolute Gasteiger partial charge is 0.394 e. The minimum atomic E-state index is -4.67. The van der Waals surface area contributed by atoms with Gasteiger partial charge in [-0.1, -0.05) is 0 Å². The number of carbonyl (C=O) groups excluding carboxylic acids is 1. The van der Waals surface area contributed by atoms with E-state index < -0.39 is 43.1 Å². The highest BCUT2D eigenvalue weighted by Gasteiger charge is 2.53. The number of urea groups is 1. The molecule has 0 radical (unpaired) electrons. The van der Waals surface area contributed by atoms with Crippen LogP contribution in [-0.4, -0.2) is 46.3 Å². The maximum atomic E-state index is 12.9. The van der Waals surface area contributed by atoms with Gasteiger partial charge in [-0.15, -0.1) is 0 Å². The molecule has 2 atom stereocenters. The number of nitrogens with one attached hydrogen (secondary N) is 1. The number of likely N-dealkylation sites (tertiary alicyclic amines) is 1. The van der Waals surface area contributed by atoms with E-state index in [-0.39, 0.29) is 0 Å². The minimum Gasteiger partial charge on any atom is -0.481 e. The molecule has 0 spiro atoms. The fraction of sp³-hybridized carbons (Fsp3) is 0.500. The average Bonchev–Trinajstić information content (AvgIpc) is 2.88. The topological polar surface area (TPSA) is 82.5 Å². The molecule has 1 aliphatic heterocycles. The monoisotopic (exact) mass is 331 g/mol. The van der Waals surface area contributed by atoms with Gasteiger partial charge in [0.15, 0.2) is 0 Å². The van der Waals surface area contributed by atoms with Crippen molar-refractivity contribution in [2.45, 2.75) is 20.0 Å². The predicted molar refractivity (Wildman–Crippen MR) is 75.0 cm³/mol. The van der Waals surface area contributed by atoms with E-state index in [1.165, 1.54) is 0 Å². The number of aromatic nitrogens is 1. The summed E-state index contributed by atoms with van der Waals surface area (Å²) < 4.78 is 38.8. The third kappa shape index (κ3) is 3.54. The molecular weight excluding hydrogens is 315 g/mol. The lowest BCUT2D eigenvalue weighted by Gasteiger charge is -2.19. The fourth-order valence-electron chi connectivity index (χ4n) is 2.62. The number of aliphatic carboxylic acids is 1. The van der Waals surface area contributed by atoms with Gasteiger partial charge in [0.2, 0.25) is 0 Å². The third-order valence-corrected chi connectivity index (χ3v) is 3.93. The van der Waals surface area contributed by atoms with E-state index in [2.05, 4.69) is 10.3 Å². The number of hydrogen-bond donors (Lipinski definition) is 2. The number of carboxylic acids is 1. The highest BCUT2D eigenvalue weighted by Crippen LogP contribution is 2.38. The quantitative estimate of drug-likeness (QED) is 0.872. The van der Waals surface area contributed by atoms with E-state index in [0.29, 0.717) is 16.9 Å². The van der Waals surface area contributed by atoms with Gasteiger partial charge < -0.3 is 15.3 Å². The van der Waals surface area contributed by atoms with Crippen molar-refractivity contribution in [3.05, 3.63) is 23.5 Å². The van der Waals surface area contributed by atoms with Crippen LogP contribution in [0.15, 0.2) is 12.3 Å². The molecule has 2 amide bonds. The van der Waals surface area contributed by atoms with Crippen molar-refractivity contribution in [2.75, 3.05) is 18.4 Å². The van der Waals surface area contributed by atoms with Crippen molar-refractivity contribution >= 4 is 17.7 Å². The van der Waals surface area contributed by atoms with E-state index >= 15 is 0 Å². The molecular formula is C14H16F3N3O3. The number of rotatable bonds is 2. The number of nitrogens with zero attached hydrogens (tertiary/aromatic N) is 2. The molecule has 1 saturated heterocycles. The van der Waals surface area contributed by atoms with Gasteiger partial charge in [0, 0.05) is 19.3 Å². The number of aryl methyl sites for hydroxylation is 2. The summed E-state index contributed by atoms with van der Waals surface area (Å²) in [5.41, 5.74) is 1.66. The second-order valence-electron chi connectivity index (χ2n) is 5.52. The zero-order valence-corrected chi connectivity index (χ0v) is 12.5. The summed E-state index contributed by atoms with van der Waals surface area (Å²) in [6, 6.07) is 0.896. The minimum absolute atomic E-state index is 0.417. The van der Waals surface area contributed by atoms with Gasteiger partial charge in [-0.2, -0.15) is 13.2 Å². The Balaban J connectivity index is 2.16. The Bertz CT molecular complexity index is 613. The summed E-state index contributed by atoms with van der Waals surface area (Å²) in [7, 11) is 0. The predicted octanol–water partition coefficient (Wildman–Crippen LogP) is 2.43. The van der Waals surface area contributed by atoms with Gasteiger partial charge in [-0.25, -0.2) is 4.79 Å². The van der Waals surface area contributed by atoms with Crippen LogP contribution >= 0.6 is 0 Å². The number of halogens is 3. The standard InChI is InChI=1S/C14H16F3N3O3/c1-7-3-4-18-8(2)11(7)19-13(23)20-5-9(12(21)22)10(6-20)14(15,16)17/h3-4,9-10H,5-6H2,1-2H3,(H,19,23)(H,21,22)/t9-,10-/m1/s1. The van der Waals surface area contributed by atoms with Crippen LogP contribution in [-0.2, 0) is 4.79 Å². The molecule has 0 aliphatic carbocycles. The van der Waals surface area contributed by atoms with Gasteiger partial charge in [0.25, 0.3) is 0 Å². The van der Waals surface area contributed by atoms with Crippen molar-refractivity contribution in [1.29, 1.82) is 0 Å². The van der Waals surface area contributed by atoms with Crippen LogP contribution in [0.25, 0.3) is 0 Å². The first-order valence-electron chi connectivity index (χ1n) is 6.89. The van der Waals surface area contributed by atoms with Gasteiger partial charge in [0.1, 0.15) is 0 Å². The van der Waals surface area contributed by atoms with E-state index in [9.17, 15) is 22.8 Å². The van der Waals surface area contributed by atoms with Crippen LogP contribution in [0.1, 0.15) is 11.3 Å². The molecule has 2 heterocycles. The summed E-state index contributed by atoms with van der Waals surface area (Å²) in [6.45, 7) is 2.23. The molecule has 23 heavy (non-hydrogen) atoms. The molecule has 9 heteroatoms. The van der Waals surface area contributed by atoms with Gasteiger partial charge in [0.05, 0.1) is 23.2 Å². The Kier molecular flexibility index (Phi) is 4.49. The maximum absolute atomic E-state index is 12.9. The molecule has 1 fully saturated rings. The van der Waals surface area contributed by atoms with Crippen LogP contribution in [0, 0.1) is 25.7 Å². The molecule has 2 rings (SSSR count). The zero-order chi connectivity index (χ0) is 17.4. The maximum Gasteiger partial charge on any atom is 0.394 e. The van der Waals surface area contributed by atoms with Crippen molar-refractivity contribution in [3.63, 3.8) is 0 Å². The van der Waals surface area contributed by atoms with Gasteiger partial charge in [-0.05, 0) is 25.5 Å². The van der Waals surface area contributed by atoms with Crippen LogP contribution in [0.4, 0.5) is 23.7 Å². The number of carboxylic acid groups (broad SMARTS) is 1. The van der Waals surface area contributed by atoms with Gasteiger partial charge >= 0.3 is 18.2 Å². The average molecular weight is 331 g/mol. The summed E-state index contributed by atoms with van der Waals surface area (Å²) in [5.74, 6) is -5.28. The Hall–Kier alpha value is -2.32. The molecule has 6 nitrogen and oxygen atoms in total. The molecule has 0 bridgehead atoms. The number of alkyl halides is 3. The van der Waals surface area contributed by atoms with Crippen LogP contribution in [0.2, 0.25) is 0 Å². The molecule has 1 aromatic rings. The lowest BCUT2D eigenvalue weighted by atomic mass is 9.96. The largest absolute Gasteiger partial charge is 0.481 e. The number of carbonyl (C=O) groups is 2. The van der Waals surface area contributed by atoms with Crippen LogP contribution in [0.3, 0.4) is 0 Å². The molecule has 126 valence electrons. The van der Waals surface area contributed by atoms with Crippen molar-refractivity contribution in [1.82, 2.24) is 9.88 Å². The molecule has 1 aromatic heterocycles. The Morgan fingerprint density at radius 2 is 2.00 bits per heavy atom. The SMILES string of the molecule is Cc1ccnc(C)c1NC(=O)N1C[C@@H](C(F)(F)F)[C@H](C(=O)O)C1. The van der Waals surface area contributed by atoms with Crippen LogP contribution < -0.4 is 5.32 Å². The first kappa shape index (κ1) is 17.0. The lowest BCUT2D eigenvalue weighted by molar-refractivity contribution is -0.187. The number of amides is 2. The van der Waals surface area contributed by atoms with E-state index in [4.69, 9.17) is 5.11 Å². The molecule has 2 N–H and O–H groups in total. The second kappa shape index (κ2) is 6.05. The first-order valence-corrected chi connectivity index (χ1v) is 6.89. The number of anilines is 1. The summed E-state index contributed by atoms with van der Waals surface area (Å²) >= 11 is 0. The van der Waals surface area contributed by atoms with Crippen molar-refractivity contribution < 1.29 is 27.9 Å². The zero-order valence-electron chi connectivity index (χ0n) is 12.5. The van der Waals surface area contributed by atoms with Crippen LogP contribution in [0.5, 0.6) is 0 Å². The van der Waals surface area contributed by atoms with Crippen molar-refractivity contribution in [2.24, 2.45) is 11.8 Å². The molecule has 1 aliphatic rings. The second-order valence-corrected chi connectivity index (χ2v) is 5.52. The third-order valence-electron chi connectivity index (χ3n) is 3.93. The normalized spacial score (nSPS) is 21.3. The summed E-state index contributed by atoms with van der Waals surface area (Å²) in [6.07, 6.45) is -3.12. The Morgan fingerprint density at radius 1 is 1.35 bits per heavy atom. The summed E-state index contributed by atoms with van der Waals surface area (Å²) in [4.78, 5) is 28.1. The van der Waals surface area contributed by atoms with E-state index in [1.54, 1.807) is 26.1 Å². The van der Waals surface area contributed by atoms with E-state index in [1.807, 2.05) is 0 Å². The highest BCUT2D eigenvalue weighted by atomic mass is 19.4. The number of pyridine rings is 1. The lowest BCUT2D eigenvalue weighted by Crippen LogP contribution is -2.35. The Labute approximate surface area is 130 Å². The molecule has 0 aromatic carbocycles. The van der Waals surface area contributed by atoms with Crippen molar-refractivity contribution in [3.8, 4) is 0 Å². The highest BCUT2D eigenvalue weighted by molar-refractivity contribution is 5.91. The summed E-state index contributed by atoms with van der Waals surface area (Å²) in [5, 5.41) is 11.5. The first-order chi connectivity index (χ1) is 10.6. The van der Waals surface area contributed by atoms with E-state index in [0.717, 1.165) is 4.90 Å². The van der Waals surface area contributed by atoms with Gasteiger partial charge in [-0.3, -0.25) is 9.78 Å².